The number of ether oxygens (including phenoxy) is 2. The Morgan fingerprint density at radius 2 is 1.82 bits per heavy atom. The van der Waals surface area contributed by atoms with Crippen molar-refractivity contribution in [3.05, 3.63) is 71.9 Å². The Labute approximate surface area is 162 Å². The molecule has 4 rings (SSSR count). The highest BCUT2D eigenvalue weighted by molar-refractivity contribution is 5.79. The summed E-state index contributed by atoms with van der Waals surface area (Å²) in [5.41, 5.74) is 1.02. The predicted molar refractivity (Wildman–Crippen MR) is 101 cm³/mol. The lowest BCUT2D eigenvalue weighted by Gasteiger charge is -2.37. The summed E-state index contributed by atoms with van der Waals surface area (Å²) in [6, 6.07) is 17.0. The number of rotatable bonds is 7. The van der Waals surface area contributed by atoms with Crippen molar-refractivity contribution in [2.75, 3.05) is 20.2 Å². The van der Waals surface area contributed by atoms with Crippen LogP contribution in [-0.2, 0) is 17.8 Å². The molecule has 1 amide bonds. The monoisotopic (exact) mass is 379 g/mol. The van der Waals surface area contributed by atoms with E-state index in [2.05, 4.69) is 10.1 Å². The minimum Gasteiger partial charge on any atom is -0.497 e. The first-order chi connectivity index (χ1) is 13.7. The van der Waals surface area contributed by atoms with Crippen molar-refractivity contribution in [1.82, 2.24) is 15.0 Å². The Morgan fingerprint density at radius 3 is 2.54 bits per heavy atom. The summed E-state index contributed by atoms with van der Waals surface area (Å²) in [4.78, 5) is 18.5. The highest BCUT2D eigenvalue weighted by atomic mass is 16.5. The third-order valence-electron chi connectivity index (χ3n) is 4.70. The zero-order valence-electron chi connectivity index (χ0n) is 15.6. The fourth-order valence-electron chi connectivity index (χ4n) is 3.04. The Balaban J connectivity index is 1.25. The molecule has 28 heavy (non-hydrogen) atoms. The smallest absolute Gasteiger partial charge is 0.264 e. The summed E-state index contributed by atoms with van der Waals surface area (Å²) in [5, 5.41) is 4.03. The number of amides is 1. The van der Waals surface area contributed by atoms with Gasteiger partial charge in [-0.2, -0.15) is 4.98 Å². The van der Waals surface area contributed by atoms with Crippen LogP contribution in [0.15, 0.2) is 59.1 Å². The second-order valence-corrected chi connectivity index (χ2v) is 6.67. The van der Waals surface area contributed by atoms with Crippen molar-refractivity contribution >= 4 is 5.91 Å². The van der Waals surface area contributed by atoms with E-state index >= 15 is 0 Å². The van der Waals surface area contributed by atoms with Crippen molar-refractivity contribution in [3.63, 3.8) is 0 Å². The van der Waals surface area contributed by atoms with Crippen LogP contribution in [0.4, 0.5) is 0 Å². The van der Waals surface area contributed by atoms with Crippen molar-refractivity contribution in [2.45, 2.75) is 18.9 Å². The molecule has 0 N–H and O–H groups in total. The standard InChI is InChI=1S/C21H21N3O4/c1-26-17-7-9-18(10-8-17)27-14-19-22-21(23-28-19)16-12-24(13-16)20(25)11-15-5-3-2-4-6-15/h2-10,16H,11-14H2,1H3. The minimum absolute atomic E-state index is 0.109. The average Bonchev–Trinajstić information content (AvgIpc) is 3.15. The van der Waals surface area contributed by atoms with E-state index in [1.807, 2.05) is 59.5 Å². The number of hydrogen-bond donors (Lipinski definition) is 0. The van der Waals surface area contributed by atoms with E-state index in [0.717, 1.165) is 11.3 Å². The number of methoxy groups -OCH3 is 1. The quantitative estimate of drug-likeness (QED) is 0.628. The lowest BCUT2D eigenvalue weighted by atomic mass is 9.98. The van der Waals surface area contributed by atoms with Crippen molar-refractivity contribution in [1.29, 1.82) is 0 Å². The lowest BCUT2D eigenvalue weighted by molar-refractivity contribution is -0.135. The molecule has 0 radical (unpaired) electrons. The number of likely N-dealkylation sites (tertiary alicyclic amines) is 1. The fraction of sp³-hybridized carbons (Fsp3) is 0.286. The molecule has 0 unspecified atom stereocenters. The highest BCUT2D eigenvalue weighted by Gasteiger charge is 2.34. The van der Waals surface area contributed by atoms with E-state index in [1.54, 1.807) is 7.11 Å². The molecule has 1 aromatic heterocycles. The number of hydrogen-bond acceptors (Lipinski definition) is 6. The van der Waals surface area contributed by atoms with Gasteiger partial charge in [0.15, 0.2) is 12.4 Å². The van der Waals surface area contributed by atoms with E-state index in [1.165, 1.54) is 0 Å². The number of nitrogens with zero attached hydrogens (tertiary/aromatic N) is 3. The number of benzene rings is 2. The van der Waals surface area contributed by atoms with Gasteiger partial charge in [0.25, 0.3) is 5.89 Å². The SMILES string of the molecule is COc1ccc(OCc2nc(C3CN(C(=O)Cc4ccccc4)C3)no2)cc1. The zero-order chi connectivity index (χ0) is 19.3. The van der Waals surface area contributed by atoms with Gasteiger partial charge in [0.2, 0.25) is 5.91 Å². The molecule has 0 aliphatic carbocycles. The molecule has 1 fully saturated rings. The Hall–Kier alpha value is -3.35. The van der Waals surface area contributed by atoms with Gasteiger partial charge in [-0.3, -0.25) is 4.79 Å². The molecule has 1 aliphatic rings. The van der Waals surface area contributed by atoms with Gasteiger partial charge < -0.3 is 18.9 Å². The topological polar surface area (TPSA) is 77.7 Å². The molecule has 7 nitrogen and oxygen atoms in total. The van der Waals surface area contributed by atoms with Crippen LogP contribution in [0.2, 0.25) is 0 Å². The first-order valence-corrected chi connectivity index (χ1v) is 9.12. The number of carbonyl (C=O) groups is 1. The summed E-state index contributed by atoms with van der Waals surface area (Å²) < 4.78 is 16.0. The van der Waals surface area contributed by atoms with Gasteiger partial charge in [-0.15, -0.1) is 0 Å². The van der Waals surface area contributed by atoms with Gasteiger partial charge in [-0.05, 0) is 29.8 Å². The van der Waals surface area contributed by atoms with E-state index in [9.17, 15) is 4.79 Å². The van der Waals surface area contributed by atoms with Gasteiger partial charge in [0.05, 0.1) is 19.4 Å². The molecule has 0 saturated carbocycles. The van der Waals surface area contributed by atoms with Crippen LogP contribution in [0.25, 0.3) is 0 Å². The van der Waals surface area contributed by atoms with Crippen molar-refractivity contribution in [2.24, 2.45) is 0 Å². The third kappa shape index (κ3) is 4.14. The van der Waals surface area contributed by atoms with Gasteiger partial charge in [-0.1, -0.05) is 35.5 Å². The molecule has 2 heterocycles. The first kappa shape index (κ1) is 18.0. The molecule has 144 valence electrons. The molecule has 1 aliphatic heterocycles. The highest BCUT2D eigenvalue weighted by Crippen LogP contribution is 2.26. The van der Waals surface area contributed by atoms with E-state index in [0.29, 0.717) is 37.0 Å². The van der Waals surface area contributed by atoms with Crippen LogP contribution in [-0.4, -0.2) is 41.1 Å². The summed E-state index contributed by atoms with van der Waals surface area (Å²) in [6.45, 7) is 1.43. The second kappa shape index (κ2) is 8.12. The summed E-state index contributed by atoms with van der Waals surface area (Å²) >= 11 is 0. The number of aromatic nitrogens is 2. The molecule has 1 saturated heterocycles. The van der Waals surface area contributed by atoms with Crippen LogP contribution in [0.1, 0.15) is 23.2 Å². The van der Waals surface area contributed by atoms with Crippen LogP contribution < -0.4 is 9.47 Å². The van der Waals surface area contributed by atoms with Gasteiger partial charge in [-0.25, -0.2) is 0 Å². The average molecular weight is 379 g/mol. The molecule has 3 aromatic rings. The molecular weight excluding hydrogens is 358 g/mol. The minimum atomic E-state index is 0.109. The first-order valence-electron chi connectivity index (χ1n) is 9.12. The van der Waals surface area contributed by atoms with E-state index < -0.39 is 0 Å². The molecule has 2 aromatic carbocycles. The van der Waals surface area contributed by atoms with Crippen molar-refractivity contribution in [3.8, 4) is 11.5 Å². The maximum atomic E-state index is 12.3. The predicted octanol–water partition coefficient (Wildman–Crippen LogP) is 2.83. The van der Waals surface area contributed by atoms with Crippen LogP contribution >= 0.6 is 0 Å². The lowest BCUT2D eigenvalue weighted by Crippen LogP contribution is -2.49. The molecule has 0 atom stereocenters. The number of carbonyl (C=O) groups excluding carboxylic acids is 1. The fourth-order valence-corrected chi connectivity index (χ4v) is 3.04. The largest absolute Gasteiger partial charge is 0.497 e. The maximum absolute atomic E-state index is 12.3. The van der Waals surface area contributed by atoms with Gasteiger partial charge in [0.1, 0.15) is 11.5 Å². The molecule has 7 heteroatoms. The molecule has 0 bridgehead atoms. The zero-order valence-corrected chi connectivity index (χ0v) is 15.6. The van der Waals surface area contributed by atoms with Crippen LogP contribution in [0, 0.1) is 0 Å². The third-order valence-corrected chi connectivity index (χ3v) is 4.70. The normalized spacial score (nSPS) is 13.8. The van der Waals surface area contributed by atoms with Gasteiger partial charge in [0, 0.05) is 13.1 Å². The van der Waals surface area contributed by atoms with Crippen molar-refractivity contribution < 1.29 is 18.8 Å². The summed E-state index contributed by atoms with van der Waals surface area (Å²) in [7, 11) is 1.62. The molecule has 0 spiro atoms. The van der Waals surface area contributed by atoms with Gasteiger partial charge >= 0.3 is 0 Å². The Bertz CT molecular complexity index is 918. The Morgan fingerprint density at radius 1 is 1.11 bits per heavy atom. The van der Waals surface area contributed by atoms with E-state index in [-0.39, 0.29) is 18.4 Å². The van der Waals surface area contributed by atoms with Crippen LogP contribution in [0.3, 0.4) is 0 Å². The Kier molecular flexibility index (Phi) is 5.23. The second-order valence-electron chi connectivity index (χ2n) is 6.67. The summed E-state index contributed by atoms with van der Waals surface area (Å²) in [5.74, 6) is 2.73. The van der Waals surface area contributed by atoms with E-state index in [4.69, 9.17) is 14.0 Å². The summed E-state index contributed by atoms with van der Waals surface area (Å²) in [6.07, 6.45) is 0.417. The van der Waals surface area contributed by atoms with Crippen LogP contribution in [0.5, 0.6) is 11.5 Å². The maximum Gasteiger partial charge on any atom is 0.264 e. The molecular formula is C21H21N3O4.